The lowest BCUT2D eigenvalue weighted by atomic mass is 9.86. The van der Waals surface area contributed by atoms with Crippen molar-refractivity contribution < 1.29 is 10.0 Å². The van der Waals surface area contributed by atoms with Gasteiger partial charge in [-0.05, 0) is 12.8 Å². The summed E-state index contributed by atoms with van der Waals surface area (Å²) in [6.07, 6.45) is 4.50. The molecule has 1 saturated carbocycles. The number of hydrogen-bond acceptors (Lipinski definition) is 1. The molecule has 3 rings (SSSR count). The minimum absolute atomic E-state index is 0.106. The molecule has 122 valence electrons. The first-order valence-electron chi connectivity index (χ1n) is 8.91. The van der Waals surface area contributed by atoms with Crippen molar-refractivity contribution in [3.63, 3.8) is 0 Å². The maximum atomic E-state index is 10.3. The Labute approximate surface area is 139 Å². The van der Waals surface area contributed by atoms with Gasteiger partial charge in [-0.1, -0.05) is 73.5 Å². The van der Waals surface area contributed by atoms with E-state index >= 15 is 0 Å². The summed E-state index contributed by atoms with van der Waals surface area (Å²) in [5.41, 5.74) is 2.76. The van der Waals surface area contributed by atoms with Gasteiger partial charge in [-0.25, -0.2) is 0 Å². The molecule has 0 spiro atoms. The molecule has 0 radical (unpaired) electrons. The van der Waals surface area contributed by atoms with E-state index in [1.807, 2.05) is 0 Å². The van der Waals surface area contributed by atoms with Crippen LogP contribution in [0.15, 0.2) is 60.7 Å². The van der Waals surface area contributed by atoms with Gasteiger partial charge < -0.3 is 10.0 Å². The van der Waals surface area contributed by atoms with Gasteiger partial charge in [0.1, 0.15) is 13.1 Å². The molecule has 0 bridgehead atoms. The predicted octanol–water partition coefficient (Wildman–Crippen LogP) is 2.82. The molecule has 2 nitrogen and oxygen atoms in total. The number of rotatable bonds is 6. The molecule has 2 atom stereocenters. The second-order valence-electron chi connectivity index (χ2n) is 6.89. The molecule has 0 heterocycles. The number of aliphatic hydroxyl groups is 1. The molecule has 1 fully saturated rings. The van der Waals surface area contributed by atoms with Crippen LogP contribution in [0, 0.1) is 5.92 Å². The van der Waals surface area contributed by atoms with Crippen molar-refractivity contribution in [1.29, 1.82) is 0 Å². The summed E-state index contributed by atoms with van der Waals surface area (Å²) in [5.74, 6) is 0.450. The Hall–Kier alpha value is -1.64. The first-order chi connectivity index (χ1) is 11.3. The van der Waals surface area contributed by atoms with Crippen LogP contribution >= 0.6 is 0 Å². The molecule has 0 saturated heterocycles. The fraction of sp³-hybridized carbons (Fsp3) is 0.429. The number of benzene rings is 2. The Morgan fingerprint density at radius 3 is 1.83 bits per heavy atom. The van der Waals surface area contributed by atoms with E-state index in [1.165, 1.54) is 30.4 Å². The van der Waals surface area contributed by atoms with Crippen LogP contribution in [-0.4, -0.2) is 17.8 Å². The third-order valence-electron chi connectivity index (χ3n) is 5.01. The summed E-state index contributed by atoms with van der Waals surface area (Å²) < 4.78 is 0. The van der Waals surface area contributed by atoms with Gasteiger partial charge in [0.05, 0.1) is 12.6 Å². The standard InChI is InChI=1S/C21H27NO/c23-21-14-8-7-13-20(21)17-22(15-18-9-3-1-4-10-18)16-19-11-5-2-6-12-19/h1-6,9-12,20-21,23H,7-8,13-17H2/p+1/t20-,21+/m1/s1. The highest BCUT2D eigenvalue weighted by Crippen LogP contribution is 2.23. The first kappa shape index (κ1) is 16.2. The summed E-state index contributed by atoms with van der Waals surface area (Å²) in [7, 11) is 0. The SMILES string of the molecule is O[C@H]1CCCC[C@@H]1C[NH+](Cc1ccccc1)Cc1ccccc1. The minimum atomic E-state index is -0.106. The summed E-state index contributed by atoms with van der Waals surface area (Å²) in [5, 5.41) is 10.3. The summed E-state index contributed by atoms with van der Waals surface area (Å²) in [6.45, 7) is 3.11. The quantitative estimate of drug-likeness (QED) is 0.842. The van der Waals surface area contributed by atoms with Crippen molar-refractivity contribution in [3.05, 3.63) is 71.8 Å². The van der Waals surface area contributed by atoms with Crippen LogP contribution in [0.4, 0.5) is 0 Å². The largest absolute Gasteiger partial charge is 0.393 e. The van der Waals surface area contributed by atoms with Crippen molar-refractivity contribution in [2.24, 2.45) is 5.92 Å². The monoisotopic (exact) mass is 310 g/mol. The average molecular weight is 310 g/mol. The van der Waals surface area contributed by atoms with Crippen LogP contribution in [0.3, 0.4) is 0 Å². The number of hydrogen-bond donors (Lipinski definition) is 2. The van der Waals surface area contributed by atoms with Crippen LogP contribution in [0.5, 0.6) is 0 Å². The normalized spacial score (nSPS) is 21.5. The van der Waals surface area contributed by atoms with E-state index in [4.69, 9.17) is 0 Å². The number of aliphatic hydroxyl groups excluding tert-OH is 1. The van der Waals surface area contributed by atoms with Crippen molar-refractivity contribution >= 4 is 0 Å². The maximum absolute atomic E-state index is 10.3. The first-order valence-corrected chi connectivity index (χ1v) is 8.91. The van der Waals surface area contributed by atoms with E-state index < -0.39 is 0 Å². The van der Waals surface area contributed by atoms with Crippen molar-refractivity contribution in [2.75, 3.05) is 6.54 Å². The Morgan fingerprint density at radius 2 is 1.30 bits per heavy atom. The van der Waals surface area contributed by atoms with Crippen LogP contribution in [-0.2, 0) is 13.1 Å². The topological polar surface area (TPSA) is 24.7 Å². The third-order valence-corrected chi connectivity index (χ3v) is 5.01. The van der Waals surface area contributed by atoms with E-state index in [0.717, 1.165) is 26.1 Å². The van der Waals surface area contributed by atoms with Crippen LogP contribution in [0.2, 0.25) is 0 Å². The lowest BCUT2D eigenvalue weighted by molar-refractivity contribution is -0.931. The summed E-state index contributed by atoms with van der Waals surface area (Å²) >= 11 is 0. The summed E-state index contributed by atoms with van der Waals surface area (Å²) in [4.78, 5) is 1.55. The molecule has 2 heteroatoms. The van der Waals surface area contributed by atoms with E-state index in [9.17, 15) is 5.11 Å². The number of nitrogens with one attached hydrogen (secondary N) is 1. The van der Waals surface area contributed by atoms with Gasteiger partial charge in [0.15, 0.2) is 0 Å². The summed E-state index contributed by atoms with van der Waals surface area (Å²) in [6, 6.07) is 21.5. The smallest absolute Gasteiger partial charge is 0.103 e. The second-order valence-corrected chi connectivity index (χ2v) is 6.89. The zero-order chi connectivity index (χ0) is 15.9. The highest BCUT2D eigenvalue weighted by molar-refractivity contribution is 5.14. The van der Waals surface area contributed by atoms with Crippen molar-refractivity contribution in [1.82, 2.24) is 0 Å². The Kier molecular flexibility index (Phi) is 5.84. The molecule has 0 aromatic heterocycles. The Morgan fingerprint density at radius 1 is 0.783 bits per heavy atom. The lowest BCUT2D eigenvalue weighted by Crippen LogP contribution is -3.10. The zero-order valence-electron chi connectivity index (χ0n) is 13.8. The highest BCUT2D eigenvalue weighted by atomic mass is 16.3. The minimum Gasteiger partial charge on any atom is -0.393 e. The molecule has 2 aromatic rings. The molecular formula is C21H28NO+. The molecule has 2 aromatic carbocycles. The Balaban J connectivity index is 1.69. The van der Waals surface area contributed by atoms with Crippen LogP contribution < -0.4 is 4.90 Å². The fourth-order valence-electron chi connectivity index (χ4n) is 3.77. The molecule has 0 amide bonds. The van der Waals surface area contributed by atoms with E-state index in [2.05, 4.69) is 60.7 Å². The Bertz CT molecular complexity index is 527. The molecule has 1 aliphatic carbocycles. The van der Waals surface area contributed by atoms with E-state index in [1.54, 1.807) is 4.90 Å². The van der Waals surface area contributed by atoms with Gasteiger partial charge in [0, 0.05) is 17.0 Å². The van der Waals surface area contributed by atoms with Crippen molar-refractivity contribution in [2.45, 2.75) is 44.9 Å². The van der Waals surface area contributed by atoms with Gasteiger partial charge in [0.25, 0.3) is 0 Å². The zero-order valence-corrected chi connectivity index (χ0v) is 13.8. The third kappa shape index (κ3) is 4.92. The van der Waals surface area contributed by atoms with Gasteiger partial charge in [-0.15, -0.1) is 0 Å². The second kappa shape index (κ2) is 8.28. The molecule has 2 N–H and O–H groups in total. The highest BCUT2D eigenvalue weighted by Gasteiger charge is 2.27. The van der Waals surface area contributed by atoms with Crippen LogP contribution in [0.25, 0.3) is 0 Å². The molecule has 23 heavy (non-hydrogen) atoms. The van der Waals surface area contributed by atoms with Gasteiger partial charge in [-0.2, -0.15) is 0 Å². The molecular weight excluding hydrogens is 282 g/mol. The average Bonchev–Trinajstić information content (AvgIpc) is 2.59. The molecule has 0 aliphatic heterocycles. The van der Waals surface area contributed by atoms with E-state index in [-0.39, 0.29) is 6.10 Å². The van der Waals surface area contributed by atoms with E-state index in [0.29, 0.717) is 5.92 Å². The fourth-order valence-corrected chi connectivity index (χ4v) is 3.77. The lowest BCUT2D eigenvalue weighted by Gasteiger charge is -2.31. The van der Waals surface area contributed by atoms with Crippen LogP contribution in [0.1, 0.15) is 36.8 Å². The number of quaternary nitrogens is 1. The molecule has 1 aliphatic rings. The maximum Gasteiger partial charge on any atom is 0.103 e. The van der Waals surface area contributed by atoms with Gasteiger partial charge >= 0.3 is 0 Å². The van der Waals surface area contributed by atoms with Gasteiger partial charge in [0.2, 0.25) is 0 Å². The van der Waals surface area contributed by atoms with Gasteiger partial charge in [-0.3, -0.25) is 0 Å². The predicted molar refractivity (Wildman–Crippen MR) is 94.1 cm³/mol. The molecule has 0 unspecified atom stereocenters. The van der Waals surface area contributed by atoms with Crippen molar-refractivity contribution in [3.8, 4) is 0 Å².